The largest absolute Gasteiger partial charge is 0.433 e. The first kappa shape index (κ1) is 21.1. The first-order valence-electron chi connectivity index (χ1n) is 9.98. The Kier molecular flexibility index (Phi) is 5.79. The second kappa shape index (κ2) is 8.52. The van der Waals surface area contributed by atoms with Gasteiger partial charge in [0, 0.05) is 44.5 Å². The Morgan fingerprint density at radius 3 is 2.97 bits per heavy atom. The van der Waals surface area contributed by atoms with Crippen LogP contribution in [0.25, 0.3) is 0 Å². The molecule has 9 nitrogen and oxygen atoms in total. The van der Waals surface area contributed by atoms with Crippen molar-refractivity contribution in [3.05, 3.63) is 36.8 Å². The number of hydrogen-bond acceptors (Lipinski definition) is 7. The fraction of sp³-hybridized carbons (Fsp3) is 0.526. The summed E-state index contributed by atoms with van der Waals surface area (Å²) in [7, 11) is 0. The van der Waals surface area contributed by atoms with Crippen LogP contribution in [0, 0.1) is 0 Å². The number of anilines is 1. The van der Waals surface area contributed by atoms with Crippen LogP contribution in [0.2, 0.25) is 0 Å². The lowest BCUT2D eigenvalue weighted by Gasteiger charge is -2.38. The van der Waals surface area contributed by atoms with Crippen LogP contribution in [0.5, 0.6) is 0 Å². The number of rotatable bonds is 6. The van der Waals surface area contributed by atoms with Crippen LogP contribution in [-0.4, -0.2) is 56.4 Å². The predicted molar refractivity (Wildman–Crippen MR) is 104 cm³/mol. The monoisotopic (exact) mass is 437 g/mol. The van der Waals surface area contributed by atoms with Crippen molar-refractivity contribution in [2.75, 3.05) is 24.5 Å². The summed E-state index contributed by atoms with van der Waals surface area (Å²) < 4.78 is 40.9. The van der Waals surface area contributed by atoms with E-state index >= 15 is 0 Å². The Hall–Kier alpha value is -3.18. The van der Waals surface area contributed by atoms with Crippen LogP contribution in [0.4, 0.5) is 19.0 Å². The zero-order valence-electron chi connectivity index (χ0n) is 16.7. The van der Waals surface area contributed by atoms with E-state index in [-0.39, 0.29) is 11.7 Å². The maximum Gasteiger partial charge on any atom is 0.433 e. The molecule has 0 radical (unpaired) electrons. The average Bonchev–Trinajstić information content (AvgIpc) is 3.41. The molecular weight excluding hydrogens is 415 g/mol. The number of oxime groups is 1. The first-order valence-corrected chi connectivity index (χ1v) is 9.98. The van der Waals surface area contributed by atoms with Crippen LogP contribution in [0.3, 0.4) is 0 Å². The van der Waals surface area contributed by atoms with Crippen LogP contribution in [-0.2, 0) is 22.4 Å². The van der Waals surface area contributed by atoms with Gasteiger partial charge in [-0.25, -0.2) is 15.0 Å². The number of nitrogens with zero attached hydrogens (tertiary/aromatic N) is 6. The second-order valence-electron chi connectivity index (χ2n) is 7.68. The van der Waals surface area contributed by atoms with Crippen LogP contribution in [0.1, 0.15) is 31.4 Å². The second-order valence-corrected chi connectivity index (χ2v) is 7.68. The summed E-state index contributed by atoms with van der Waals surface area (Å²) in [4.78, 5) is 31.1. The molecule has 0 saturated carbocycles. The molecule has 4 heterocycles. The van der Waals surface area contributed by atoms with E-state index in [2.05, 4.69) is 25.4 Å². The number of hydrogen-bond donors (Lipinski definition) is 1. The molecule has 1 N–H and O–H groups in total. The van der Waals surface area contributed by atoms with Crippen LogP contribution < -0.4 is 10.2 Å². The molecular formula is C19H22F3N7O2. The highest BCUT2D eigenvalue weighted by Crippen LogP contribution is 2.36. The number of carbonyl (C=O) groups excluding carboxylic acids is 1. The third-order valence-electron chi connectivity index (χ3n) is 5.35. The minimum atomic E-state index is -4.54. The number of aryl methyl sites for hydroxylation is 1. The molecule has 4 rings (SSSR count). The molecule has 0 bridgehead atoms. The summed E-state index contributed by atoms with van der Waals surface area (Å²) in [5, 5.41) is 6.81. The Balaban J connectivity index is 1.32. The molecule has 12 heteroatoms. The van der Waals surface area contributed by atoms with Gasteiger partial charge < -0.3 is 19.6 Å². The maximum atomic E-state index is 13.0. The van der Waals surface area contributed by atoms with Crippen molar-refractivity contribution in [2.45, 2.75) is 44.0 Å². The van der Waals surface area contributed by atoms with Gasteiger partial charge in [-0.15, -0.1) is 0 Å². The van der Waals surface area contributed by atoms with E-state index in [0.717, 1.165) is 25.4 Å². The van der Waals surface area contributed by atoms with E-state index in [1.165, 1.54) is 0 Å². The highest BCUT2D eigenvalue weighted by molar-refractivity contribution is 6.39. The molecule has 1 fully saturated rings. The number of imidazole rings is 1. The lowest BCUT2D eigenvalue weighted by Crippen LogP contribution is -2.49. The average molecular weight is 437 g/mol. The van der Waals surface area contributed by atoms with E-state index in [1.54, 1.807) is 17.4 Å². The summed E-state index contributed by atoms with van der Waals surface area (Å²) in [5.41, 5.74) is -1.44. The van der Waals surface area contributed by atoms with E-state index in [4.69, 9.17) is 4.84 Å². The van der Waals surface area contributed by atoms with Gasteiger partial charge in [0.1, 0.15) is 23.6 Å². The molecule has 1 atom stereocenters. The molecule has 31 heavy (non-hydrogen) atoms. The Bertz CT molecular complexity index is 948. The third-order valence-corrected chi connectivity index (χ3v) is 5.35. The summed E-state index contributed by atoms with van der Waals surface area (Å²) in [6, 6.07) is 0.933. The van der Waals surface area contributed by atoms with Gasteiger partial charge >= 0.3 is 6.18 Å². The van der Waals surface area contributed by atoms with Crippen molar-refractivity contribution in [2.24, 2.45) is 5.16 Å². The summed E-state index contributed by atoms with van der Waals surface area (Å²) >= 11 is 0. The highest BCUT2D eigenvalue weighted by atomic mass is 19.4. The smallest absolute Gasteiger partial charge is 0.386 e. The van der Waals surface area contributed by atoms with Crippen LogP contribution in [0.15, 0.2) is 36.3 Å². The number of amides is 1. The van der Waals surface area contributed by atoms with Crippen molar-refractivity contribution in [1.82, 2.24) is 24.8 Å². The lowest BCUT2D eigenvalue weighted by atomic mass is 9.88. The zero-order valence-corrected chi connectivity index (χ0v) is 16.7. The topological polar surface area (TPSA) is 97.5 Å². The molecule has 1 saturated heterocycles. The minimum Gasteiger partial charge on any atom is -0.386 e. The minimum absolute atomic E-state index is 0.183. The summed E-state index contributed by atoms with van der Waals surface area (Å²) in [6.45, 7) is 2.05. The van der Waals surface area contributed by atoms with Crippen molar-refractivity contribution in [3.63, 3.8) is 0 Å². The van der Waals surface area contributed by atoms with E-state index in [1.807, 2.05) is 10.8 Å². The summed E-state index contributed by atoms with van der Waals surface area (Å²) in [5.74, 6) is -0.108. The number of halogens is 3. The van der Waals surface area contributed by atoms with Gasteiger partial charge in [-0.1, -0.05) is 5.16 Å². The fourth-order valence-electron chi connectivity index (χ4n) is 3.82. The summed E-state index contributed by atoms with van der Waals surface area (Å²) in [6.07, 6.45) is 4.01. The number of piperidine rings is 1. The molecule has 0 aromatic carbocycles. The molecule has 2 aromatic rings. The van der Waals surface area contributed by atoms with Crippen LogP contribution >= 0.6 is 0 Å². The van der Waals surface area contributed by atoms with Crippen molar-refractivity contribution in [1.29, 1.82) is 0 Å². The van der Waals surface area contributed by atoms with Gasteiger partial charge in [0.25, 0.3) is 5.91 Å². The number of nitrogens with one attached hydrogen (secondary N) is 1. The maximum absolute atomic E-state index is 13.0. The third kappa shape index (κ3) is 4.94. The van der Waals surface area contributed by atoms with Crippen molar-refractivity contribution in [3.8, 4) is 0 Å². The fourth-order valence-corrected chi connectivity index (χ4v) is 3.82. The normalized spacial score (nSPS) is 21.1. The van der Waals surface area contributed by atoms with Crippen molar-refractivity contribution >= 4 is 17.4 Å². The van der Waals surface area contributed by atoms with Crippen molar-refractivity contribution < 1.29 is 22.8 Å². The molecule has 1 spiro atoms. The molecule has 0 unspecified atom stereocenters. The highest BCUT2D eigenvalue weighted by Gasteiger charge is 2.45. The first-order chi connectivity index (χ1) is 14.8. The number of carbonyl (C=O) groups is 1. The van der Waals surface area contributed by atoms with Gasteiger partial charge in [-0.2, -0.15) is 13.2 Å². The number of alkyl halides is 3. The van der Waals surface area contributed by atoms with Gasteiger partial charge in [0.2, 0.25) is 0 Å². The Morgan fingerprint density at radius 2 is 2.19 bits per heavy atom. The SMILES string of the molecule is O=C(NCCCn1ccnc1)C1=NO[C@@]2(CCCN(c3cc(C(F)(F)F)ncn3)C2)C1. The molecule has 166 valence electrons. The van der Waals surface area contributed by atoms with E-state index in [0.29, 0.717) is 44.6 Å². The quantitative estimate of drug-likeness (QED) is 0.695. The molecule has 0 aliphatic carbocycles. The molecule has 1 amide bonds. The Labute approximate surface area is 176 Å². The molecule has 2 aliphatic heterocycles. The van der Waals surface area contributed by atoms with Gasteiger partial charge in [0.15, 0.2) is 5.60 Å². The van der Waals surface area contributed by atoms with E-state index in [9.17, 15) is 18.0 Å². The molecule has 2 aliphatic rings. The van der Waals surface area contributed by atoms with Gasteiger partial charge in [-0.05, 0) is 19.3 Å². The van der Waals surface area contributed by atoms with Gasteiger partial charge in [-0.3, -0.25) is 4.79 Å². The standard InChI is InChI=1S/C19H22F3N7O2/c20-19(21,22)15-9-16(26-12-25-15)29-7-1-3-18(11-29)10-14(27-31-18)17(30)24-4-2-6-28-8-5-23-13-28/h5,8-9,12-13H,1-4,6-7,10-11H2,(H,24,30)/t18-/m0/s1. The molecule has 2 aromatic heterocycles. The zero-order chi connectivity index (χ0) is 21.9. The Morgan fingerprint density at radius 1 is 1.32 bits per heavy atom. The van der Waals surface area contributed by atoms with Gasteiger partial charge in [0.05, 0.1) is 12.9 Å². The van der Waals surface area contributed by atoms with E-state index < -0.39 is 17.5 Å². The predicted octanol–water partition coefficient (Wildman–Crippen LogP) is 2.01. The number of aromatic nitrogens is 4. The lowest BCUT2D eigenvalue weighted by molar-refractivity contribution is -0.141.